The second-order valence-electron chi connectivity index (χ2n) is 5.39. The molecule has 0 bridgehead atoms. The highest BCUT2D eigenvalue weighted by molar-refractivity contribution is 5.95. The largest absolute Gasteiger partial charge is 0.456 e. The summed E-state index contributed by atoms with van der Waals surface area (Å²) in [6.45, 7) is 2.58. The Hall–Kier alpha value is -2.35. The zero-order valence-corrected chi connectivity index (χ0v) is 12.2. The van der Waals surface area contributed by atoms with Gasteiger partial charge in [0.25, 0.3) is 0 Å². The number of ether oxygens (including phenoxy) is 1. The number of carbonyl (C=O) groups excluding carboxylic acids is 2. The number of rotatable bonds is 4. The van der Waals surface area contributed by atoms with E-state index in [-0.39, 0.29) is 12.6 Å². The van der Waals surface area contributed by atoms with Crippen LogP contribution in [0.5, 0.6) is 0 Å². The average Bonchev–Trinajstić information content (AvgIpc) is 3.13. The van der Waals surface area contributed by atoms with Crippen LogP contribution in [0.2, 0.25) is 0 Å². The molecule has 118 valence electrons. The van der Waals surface area contributed by atoms with Gasteiger partial charge in [0.05, 0.1) is 11.3 Å². The molecule has 1 aromatic rings. The SMILES string of the molecule is O=C(NC1=C(CN2CCCCC2)C(=O)OC1)Nc1ncc[nH]1. The van der Waals surface area contributed by atoms with Gasteiger partial charge in [-0.1, -0.05) is 6.42 Å². The molecule has 3 heterocycles. The molecule has 0 radical (unpaired) electrons. The minimum absolute atomic E-state index is 0.105. The van der Waals surface area contributed by atoms with Crippen molar-refractivity contribution in [1.29, 1.82) is 0 Å². The third-order valence-electron chi connectivity index (χ3n) is 3.78. The molecule has 0 aliphatic carbocycles. The normalized spacial score (nSPS) is 19.2. The maximum atomic E-state index is 11.9. The van der Waals surface area contributed by atoms with Gasteiger partial charge in [0.1, 0.15) is 6.61 Å². The highest BCUT2D eigenvalue weighted by Crippen LogP contribution is 2.18. The first-order valence-electron chi connectivity index (χ1n) is 7.41. The van der Waals surface area contributed by atoms with E-state index in [0.29, 0.717) is 23.8 Å². The highest BCUT2D eigenvalue weighted by atomic mass is 16.5. The number of cyclic esters (lactones) is 1. The van der Waals surface area contributed by atoms with Crippen LogP contribution in [0.25, 0.3) is 0 Å². The van der Waals surface area contributed by atoms with Crippen molar-refractivity contribution in [3.05, 3.63) is 23.7 Å². The zero-order chi connectivity index (χ0) is 15.4. The Morgan fingerprint density at radius 3 is 2.86 bits per heavy atom. The molecule has 8 heteroatoms. The molecule has 2 aliphatic rings. The smallest absolute Gasteiger partial charge is 0.337 e. The van der Waals surface area contributed by atoms with Crippen molar-refractivity contribution in [3.8, 4) is 0 Å². The first-order chi connectivity index (χ1) is 10.7. The number of urea groups is 1. The molecule has 0 aromatic carbocycles. The van der Waals surface area contributed by atoms with E-state index < -0.39 is 6.03 Å². The van der Waals surface area contributed by atoms with E-state index in [0.717, 1.165) is 25.9 Å². The number of aromatic nitrogens is 2. The van der Waals surface area contributed by atoms with Crippen LogP contribution in [0.4, 0.5) is 10.7 Å². The Morgan fingerprint density at radius 2 is 2.14 bits per heavy atom. The van der Waals surface area contributed by atoms with Crippen molar-refractivity contribution < 1.29 is 14.3 Å². The number of carbonyl (C=O) groups is 2. The van der Waals surface area contributed by atoms with E-state index >= 15 is 0 Å². The molecule has 1 saturated heterocycles. The quantitative estimate of drug-likeness (QED) is 0.716. The Labute approximate surface area is 127 Å². The number of imidazole rings is 1. The number of H-pyrrole nitrogens is 1. The van der Waals surface area contributed by atoms with Gasteiger partial charge in [0.15, 0.2) is 0 Å². The zero-order valence-electron chi connectivity index (χ0n) is 12.2. The van der Waals surface area contributed by atoms with E-state index in [9.17, 15) is 9.59 Å². The summed E-state index contributed by atoms with van der Waals surface area (Å²) < 4.78 is 5.05. The Kier molecular flexibility index (Phi) is 4.38. The van der Waals surface area contributed by atoms with E-state index in [1.807, 2.05) is 0 Å². The third-order valence-corrected chi connectivity index (χ3v) is 3.78. The monoisotopic (exact) mass is 305 g/mol. The topological polar surface area (TPSA) is 99.3 Å². The molecule has 0 unspecified atom stereocenters. The molecule has 2 aliphatic heterocycles. The fraction of sp³-hybridized carbons (Fsp3) is 0.500. The molecule has 3 rings (SSSR count). The van der Waals surface area contributed by atoms with Crippen LogP contribution in [0.3, 0.4) is 0 Å². The van der Waals surface area contributed by atoms with Gasteiger partial charge in [-0.2, -0.15) is 0 Å². The van der Waals surface area contributed by atoms with Gasteiger partial charge in [-0.3, -0.25) is 10.2 Å². The maximum absolute atomic E-state index is 11.9. The summed E-state index contributed by atoms with van der Waals surface area (Å²) in [6.07, 6.45) is 6.67. The second kappa shape index (κ2) is 6.61. The fourth-order valence-corrected chi connectivity index (χ4v) is 2.66. The molecule has 0 atom stereocenters. The van der Waals surface area contributed by atoms with E-state index in [4.69, 9.17) is 4.74 Å². The first-order valence-corrected chi connectivity index (χ1v) is 7.41. The van der Waals surface area contributed by atoms with Crippen molar-refractivity contribution in [3.63, 3.8) is 0 Å². The molecule has 1 aromatic heterocycles. The van der Waals surface area contributed by atoms with Crippen LogP contribution >= 0.6 is 0 Å². The van der Waals surface area contributed by atoms with Gasteiger partial charge in [-0.05, 0) is 25.9 Å². The molecule has 0 spiro atoms. The van der Waals surface area contributed by atoms with Crippen molar-refractivity contribution in [2.45, 2.75) is 19.3 Å². The Bertz CT molecular complexity index is 575. The number of piperidine rings is 1. The molecule has 3 N–H and O–H groups in total. The maximum Gasteiger partial charge on any atom is 0.337 e. The fourth-order valence-electron chi connectivity index (χ4n) is 2.66. The molecule has 2 amide bonds. The van der Waals surface area contributed by atoms with Gasteiger partial charge in [0.2, 0.25) is 5.95 Å². The number of anilines is 1. The molecule has 8 nitrogen and oxygen atoms in total. The first kappa shape index (κ1) is 14.6. The number of nitrogens with one attached hydrogen (secondary N) is 3. The third kappa shape index (κ3) is 3.45. The van der Waals surface area contributed by atoms with Crippen LogP contribution < -0.4 is 10.6 Å². The Morgan fingerprint density at radius 1 is 1.32 bits per heavy atom. The number of hydrogen-bond acceptors (Lipinski definition) is 5. The summed E-state index contributed by atoms with van der Waals surface area (Å²) in [4.78, 5) is 32.7. The lowest BCUT2D eigenvalue weighted by Crippen LogP contribution is -2.35. The molecule has 1 fully saturated rings. The number of aromatic amines is 1. The predicted octanol–water partition coefficient (Wildman–Crippen LogP) is 0.828. The van der Waals surface area contributed by atoms with E-state index in [1.54, 1.807) is 12.4 Å². The molecular formula is C14H19N5O3. The lowest BCUT2D eigenvalue weighted by molar-refractivity contribution is -0.136. The standard InChI is InChI=1S/C14H19N5O3/c20-12-10(8-19-6-2-1-3-7-19)11(9-22-12)17-14(21)18-13-15-4-5-16-13/h4-5H,1-3,6-9H2,(H3,15,16,17,18,21). The number of likely N-dealkylation sites (tertiary alicyclic amines) is 1. The summed E-state index contributed by atoms with van der Waals surface area (Å²) in [5.74, 6) is -0.000190. The molecule has 22 heavy (non-hydrogen) atoms. The van der Waals surface area contributed by atoms with E-state index in [1.165, 1.54) is 6.42 Å². The van der Waals surface area contributed by atoms with Gasteiger partial charge in [-0.15, -0.1) is 0 Å². The van der Waals surface area contributed by atoms with Crippen LogP contribution in [0.15, 0.2) is 23.7 Å². The lowest BCUT2D eigenvalue weighted by atomic mass is 10.1. The molecular weight excluding hydrogens is 286 g/mol. The Balaban J connectivity index is 1.63. The van der Waals surface area contributed by atoms with Gasteiger partial charge >= 0.3 is 12.0 Å². The van der Waals surface area contributed by atoms with Crippen molar-refractivity contribution >= 4 is 17.9 Å². The van der Waals surface area contributed by atoms with Crippen LogP contribution in [0, 0.1) is 0 Å². The summed E-state index contributed by atoms with van der Waals surface area (Å²) in [6, 6.07) is -0.445. The number of amides is 2. The number of nitrogens with zero attached hydrogens (tertiary/aromatic N) is 2. The van der Waals surface area contributed by atoms with Gasteiger partial charge in [0, 0.05) is 18.9 Å². The van der Waals surface area contributed by atoms with Crippen LogP contribution in [-0.4, -0.2) is 53.1 Å². The molecule has 0 saturated carbocycles. The van der Waals surface area contributed by atoms with Crippen molar-refractivity contribution in [2.24, 2.45) is 0 Å². The second-order valence-corrected chi connectivity index (χ2v) is 5.39. The van der Waals surface area contributed by atoms with Crippen molar-refractivity contribution in [2.75, 3.05) is 31.6 Å². The van der Waals surface area contributed by atoms with E-state index in [2.05, 4.69) is 25.5 Å². The average molecular weight is 305 g/mol. The number of esters is 1. The predicted molar refractivity (Wildman–Crippen MR) is 79.0 cm³/mol. The summed E-state index contributed by atoms with van der Waals surface area (Å²) in [5, 5.41) is 5.24. The summed E-state index contributed by atoms with van der Waals surface area (Å²) in [7, 11) is 0. The summed E-state index contributed by atoms with van der Waals surface area (Å²) >= 11 is 0. The van der Waals surface area contributed by atoms with Crippen LogP contribution in [-0.2, 0) is 9.53 Å². The summed E-state index contributed by atoms with van der Waals surface area (Å²) in [5.41, 5.74) is 1.07. The van der Waals surface area contributed by atoms with Gasteiger partial charge < -0.3 is 15.0 Å². The number of hydrogen-bond donors (Lipinski definition) is 3. The minimum Gasteiger partial charge on any atom is -0.456 e. The minimum atomic E-state index is -0.445. The van der Waals surface area contributed by atoms with Gasteiger partial charge in [-0.25, -0.2) is 14.6 Å². The highest BCUT2D eigenvalue weighted by Gasteiger charge is 2.28. The van der Waals surface area contributed by atoms with Crippen LogP contribution in [0.1, 0.15) is 19.3 Å². The lowest BCUT2D eigenvalue weighted by Gasteiger charge is -2.26. The van der Waals surface area contributed by atoms with Crippen molar-refractivity contribution in [1.82, 2.24) is 20.2 Å².